The van der Waals surface area contributed by atoms with Gasteiger partial charge in [-0.1, -0.05) is 38.0 Å². The van der Waals surface area contributed by atoms with Crippen molar-refractivity contribution in [3.8, 4) is 0 Å². The molecule has 1 N–H and O–H groups in total. The Balaban J connectivity index is 2.49. The summed E-state index contributed by atoms with van der Waals surface area (Å²) in [4.78, 5) is 2.37. The minimum absolute atomic E-state index is 0.275. The van der Waals surface area contributed by atoms with E-state index in [9.17, 15) is 0 Å². The maximum Gasteiger partial charge on any atom is 0.0447 e. The van der Waals surface area contributed by atoms with Crippen molar-refractivity contribution in [3.05, 3.63) is 30.3 Å². The summed E-state index contributed by atoms with van der Waals surface area (Å²) >= 11 is 0. The van der Waals surface area contributed by atoms with E-state index in [1.807, 2.05) is 6.07 Å². The van der Waals surface area contributed by atoms with Crippen LogP contribution in [0, 0.1) is 0 Å². The number of anilines is 1. The molecule has 0 radical (unpaired) electrons. The molecule has 1 rings (SSSR count). The maximum absolute atomic E-state index is 8.91. The van der Waals surface area contributed by atoms with Crippen molar-refractivity contribution < 1.29 is 5.11 Å². The van der Waals surface area contributed by atoms with E-state index in [1.165, 1.54) is 24.9 Å². The average Bonchev–Trinajstić information content (AvgIpc) is 2.35. The number of benzene rings is 1. The minimum Gasteiger partial charge on any atom is -0.396 e. The fraction of sp³-hybridized carbons (Fsp3) is 0.571. The predicted octanol–water partition coefficient (Wildman–Crippen LogP) is 3.07. The molecule has 0 saturated heterocycles. The highest BCUT2D eigenvalue weighted by Crippen LogP contribution is 2.14. The molecule has 0 aliphatic carbocycles. The van der Waals surface area contributed by atoms with E-state index in [0.717, 1.165) is 19.5 Å². The van der Waals surface area contributed by atoms with Gasteiger partial charge < -0.3 is 10.0 Å². The molecular formula is C14H23NO. The lowest BCUT2D eigenvalue weighted by molar-refractivity contribution is 0.289. The Morgan fingerprint density at radius 2 is 1.69 bits per heavy atom. The fourth-order valence-corrected chi connectivity index (χ4v) is 1.82. The van der Waals surface area contributed by atoms with Gasteiger partial charge in [-0.05, 0) is 25.0 Å². The Hall–Kier alpha value is -1.02. The number of hydrogen-bond donors (Lipinski definition) is 1. The maximum atomic E-state index is 8.91. The Bertz CT molecular complexity index is 261. The number of aliphatic hydroxyl groups is 1. The van der Waals surface area contributed by atoms with E-state index < -0.39 is 0 Å². The first-order valence-electron chi connectivity index (χ1n) is 6.29. The Kier molecular flexibility index (Phi) is 6.66. The summed E-state index contributed by atoms with van der Waals surface area (Å²) in [6.07, 6.45) is 4.61. The number of rotatable bonds is 8. The fourth-order valence-electron chi connectivity index (χ4n) is 1.82. The lowest BCUT2D eigenvalue weighted by Gasteiger charge is -2.24. The van der Waals surface area contributed by atoms with Crippen LogP contribution in [-0.4, -0.2) is 24.8 Å². The van der Waals surface area contributed by atoms with Gasteiger partial charge in [-0.25, -0.2) is 0 Å². The molecule has 90 valence electrons. The highest BCUT2D eigenvalue weighted by molar-refractivity contribution is 5.45. The zero-order chi connectivity index (χ0) is 11.6. The first kappa shape index (κ1) is 13.0. The van der Waals surface area contributed by atoms with E-state index in [2.05, 4.69) is 36.1 Å². The molecule has 16 heavy (non-hydrogen) atoms. The summed E-state index contributed by atoms with van der Waals surface area (Å²) in [6, 6.07) is 10.5. The number of hydrogen-bond acceptors (Lipinski definition) is 2. The second kappa shape index (κ2) is 8.17. The van der Waals surface area contributed by atoms with Gasteiger partial charge in [0.15, 0.2) is 0 Å². The Morgan fingerprint density at radius 1 is 1.00 bits per heavy atom. The van der Waals surface area contributed by atoms with Crippen LogP contribution in [0.5, 0.6) is 0 Å². The Labute approximate surface area is 98.9 Å². The molecule has 2 nitrogen and oxygen atoms in total. The topological polar surface area (TPSA) is 23.5 Å². The van der Waals surface area contributed by atoms with Crippen LogP contribution in [0.25, 0.3) is 0 Å². The van der Waals surface area contributed by atoms with Crippen molar-refractivity contribution in [2.24, 2.45) is 0 Å². The van der Waals surface area contributed by atoms with E-state index in [-0.39, 0.29) is 6.61 Å². The van der Waals surface area contributed by atoms with Gasteiger partial charge >= 0.3 is 0 Å². The summed E-state index contributed by atoms with van der Waals surface area (Å²) in [6.45, 7) is 4.54. The van der Waals surface area contributed by atoms with Crippen LogP contribution in [0.3, 0.4) is 0 Å². The number of para-hydroxylation sites is 1. The van der Waals surface area contributed by atoms with Gasteiger partial charge in [0.25, 0.3) is 0 Å². The third kappa shape index (κ3) is 4.67. The van der Waals surface area contributed by atoms with Gasteiger partial charge in [0.05, 0.1) is 0 Å². The SMILES string of the molecule is CCCCCN(CCCO)c1ccccc1. The standard InChI is InChI=1S/C14H23NO/c1-2-3-7-11-15(12-8-13-16)14-9-5-4-6-10-14/h4-6,9-10,16H,2-3,7-8,11-13H2,1H3. The van der Waals surface area contributed by atoms with E-state index in [0.29, 0.717) is 0 Å². The normalized spacial score (nSPS) is 10.4. The van der Waals surface area contributed by atoms with Gasteiger partial charge in [-0.3, -0.25) is 0 Å². The van der Waals surface area contributed by atoms with Crippen molar-refractivity contribution in [1.82, 2.24) is 0 Å². The molecule has 0 bridgehead atoms. The molecule has 0 aliphatic heterocycles. The van der Waals surface area contributed by atoms with Crippen molar-refractivity contribution in [1.29, 1.82) is 0 Å². The summed E-state index contributed by atoms with van der Waals surface area (Å²) < 4.78 is 0. The van der Waals surface area contributed by atoms with Crippen LogP contribution >= 0.6 is 0 Å². The van der Waals surface area contributed by atoms with Crippen molar-refractivity contribution >= 4 is 5.69 Å². The second-order valence-corrected chi connectivity index (χ2v) is 4.11. The van der Waals surface area contributed by atoms with Crippen LogP contribution in [0.2, 0.25) is 0 Å². The molecule has 2 heteroatoms. The van der Waals surface area contributed by atoms with E-state index >= 15 is 0 Å². The molecule has 0 aromatic heterocycles. The van der Waals surface area contributed by atoms with Gasteiger partial charge in [-0.15, -0.1) is 0 Å². The minimum atomic E-state index is 0.275. The van der Waals surface area contributed by atoms with E-state index in [1.54, 1.807) is 0 Å². The first-order chi connectivity index (χ1) is 7.88. The number of nitrogens with zero attached hydrogens (tertiary/aromatic N) is 1. The molecule has 0 aliphatic rings. The highest BCUT2D eigenvalue weighted by atomic mass is 16.3. The quantitative estimate of drug-likeness (QED) is 0.682. The molecule has 0 fully saturated rings. The van der Waals surface area contributed by atoms with Crippen molar-refractivity contribution in [2.45, 2.75) is 32.6 Å². The first-order valence-corrected chi connectivity index (χ1v) is 6.29. The van der Waals surface area contributed by atoms with E-state index in [4.69, 9.17) is 5.11 Å². The van der Waals surface area contributed by atoms with Gasteiger partial charge in [0.1, 0.15) is 0 Å². The monoisotopic (exact) mass is 221 g/mol. The van der Waals surface area contributed by atoms with Crippen LogP contribution < -0.4 is 4.90 Å². The molecule has 0 heterocycles. The highest BCUT2D eigenvalue weighted by Gasteiger charge is 2.04. The van der Waals surface area contributed by atoms with Crippen LogP contribution in [0.1, 0.15) is 32.6 Å². The van der Waals surface area contributed by atoms with Crippen LogP contribution in [0.15, 0.2) is 30.3 Å². The predicted molar refractivity (Wildman–Crippen MR) is 69.9 cm³/mol. The lowest BCUT2D eigenvalue weighted by Crippen LogP contribution is -2.26. The molecule has 0 saturated carbocycles. The van der Waals surface area contributed by atoms with Gasteiger partial charge in [0, 0.05) is 25.4 Å². The average molecular weight is 221 g/mol. The molecule has 1 aromatic carbocycles. The Morgan fingerprint density at radius 3 is 2.31 bits per heavy atom. The molecule has 0 unspecified atom stereocenters. The largest absolute Gasteiger partial charge is 0.396 e. The van der Waals surface area contributed by atoms with Crippen LogP contribution in [0.4, 0.5) is 5.69 Å². The third-order valence-corrected chi connectivity index (χ3v) is 2.74. The molecule has 0 amide bonds. The summed E-state index contributed by atoms with van der Waals surface area (Å²) in [5, 5.41) is 8.91. The molecule has 1 aromatic rings. The second-order valence-electron chi connectivity index (χ2n) is 4.11. The number of aliphatic hydroxyl groups excluding tert-OH is 1. The molecule has 0 spiro atoms. The third-order valence-electron chi connectivity index (χ3n) is 2.74. The van der Waals surface area contributed by atoms with Crippen LogP contribution in [-0.2, 0) is 0 Å². The number of unbranched alkanes of at least 4 members (excludes halogenated alkanes) is 2. The lowest BCUT2D eigenvalue weighted by atomic mass is 10.2. The zero-order valence-electron chi connectivity index (χ0n) is 10.2. The van der Waals surface area contributed by atoms with Gasteiger partial charge in [0.2, 0.25) is 0 Å². The summed E-state index contributed by atoms with van der Waals surface area (Å²) in [5.74, 6) is 0. The van der Waals surface area contributed by atoms with Crippen molar-refractivity contribution in [3.63, 3.8) is 0 Å². The van der Waals surface area contributed by atoms with Gasteiger partial charge in [-0.2, -0.15) is 0 Å². The zero-order valence-corrected chi connectivity index (χ0v) is 10.2. The smallest absolute Gasteiger partial charge is 0.0447 e. The molecular weight excluding hydrogens is 198 g/mol. The summed E-state index contributed by atoms with van der Waals surface area (Å²) in [5.41, 5.74) is 1.27. The molecule has 0 atom stereocenters. The summed E-state index contributed by atoms with van der Waals surface area (Å²) in [7, 11) is 0. The van der Waals surface area contributed by atoms with Crippen molar-refractivity contribution in [2.75, 3.05) is 24.6 Å².